The maximum atomic E-state index is 10.7. The second-order valence-electron chi connectivity index (χ2n) is 7.43. The molecule has 0 aliphatic carbocycles. The summed E-state index contributed by atoms with van der Waals surface area (Å²) in [5.41, 5.74) is 1.36. The van der Waals surface area contributed by atoms with Crippen molar-refractivity contribution in [3.63, 3.8) is 0 Å². The zero-order chi connectivity index (χ0) is 19.3. The van der Waals surface area contributed by atoms with Crippen LogP contribution in [0.3, 0.4) is 0 Å². The molecule has 2 aromatic rings. The molecule has 3 nitrogen and oxygen atoms in total. The van der Waals surface area contributed by atoms with Crippen LogP contribution in [0.25, 0.3) is 10.8 Å². The van der Waals surface area contributed by atoms with E-state index in [1.165, 1.54) is 76.2 Å². The molecular formula is C23H34O3S. The van der Waals surface area contributed by atoms with E-state index in [1.54, 1.807) is 12.1 Å². The zero-order valence-corrected chi connectivity index (χ0v) is 17.4. The van der Waals surface area contributed by atoms with Gasteiger partial charge in [0.15, 0.2) is 0 Å². The summed E-state index contributed by atoms with van der Waals surface area (Å²) in [5.74, 6) is 0.418. The fraction of sp³-hybridized carbons (Fsp3) is 0.565. The Hall–Kier alpha value is -1.39. The van der Waals surface area contributed by atoms with Gasteiger partial charge in [-0.3, -0.25) is 4.55 Å². The smallest absolute Gasteiger partial charge is 0.357 e. The molecular weight excluding hydrogens is 356 g/mol. The van der Waals surface area contributed by atoms with E-state index in [0.29, 0.717) is 5.75 Å². The number of aryl methyl sites for hydroxylation is 1. The third-order valence-electron chi connectivity index (χ3n) is 5.11. The lowest BCUT2D eigenvalue weighted by molar-refractivity contribution is 0.458. The Kier molecular flexibility index (Phi) is 10.5. The summed E-state index contributed by atoms with van der Waals surface area (Å²) in [5, 5.41) is 2.17. The maximum absolute atomic E-state index is 10.7. The van der Waals surface area contributed by atoms with Crippen LogP contribution in [0.15, 0.2) is 36.4 Å². The summed E-state index contributed by atoms with van der Waals surface area (Å²) < 4.78 is 24.4. The summed E-state index contributed by atoms with van der Waals surface area (Å²) in [6.07, 6.45) is 16.2. The standard InChI is InChI=1S/C23H34O3S/c1-2-3-4-5-6-7-8-9-10-11-12-13-20-14-15-22-19-23(26-27(24)25)17-16-21(22)18-20/h14-19H,2-13H2,1H3,(H,24,25). The molecule has 27 heavy (non-hydrogen) atoms. The van der Waals surface area contributed by atoms with Crippen LogP contribution in [0.4, 0.5) is 0 Å². The van der Waals surface area contributed by atoms with Crippen LogP contribution in [-0.2, 0) is 17.8 Å². The minimum Gasteiger partial charge on any atom is -0.380 e. The fourth-order valence-electron chi connectivity index (χ4n) is 3.56. The third-order valence-corrected chi connectivity index (χ3v) is 5.45. The van der Waals surface area contributed by atoms with E-state index >= 15 is 0 Å². The van der Waals surface area contributed by atoms with Crippen LogP contribution in [0.1, 0.15) is 83.1 Å². The molecule has 2 aromatic carbocycles. The number of hydrogen-bond acceptors (Lipinski definition) is 2. The van der Waals surface area contributed by atoms with Gasteiger partial charge in [-0.1, -0.05) is 95.4 Å². The second-order valence-corrected chi connectivity index (χ2v) is 8.03. The number of fused-ring (bicyclic) bond motifs is 1. The molecule has 0 aliphatic rings. The highest BCUT2D eigenvalue weighted by atomic mass is 32.2. The van der Waals surface area contributed by atoms with Gasteiger partial charge in [0.2, 0.25) is 0 Å². The van der Waals surface area contributed by atoms with E-state index in [-0.39, 0.29) is 0 Å². The van der Waals surface area contributed by atoms with E-state index in [0.717, 1.165) is 17.2 Å². The first-order chi connectivity index (χ1) is 13.2. The monoisotopic (exact) mass is 390 g/mol. The van der Waals surface area contributed by atoms with Gasteiger partial charge in [-0.2, -0.15) is 4.21 Å². The van der Waals surface area contributed by atoms with Crippen molar-refractivity contribution in [2.45, 2.75) is 84.0 Å². The van der Waals surface area contributed by atoms with E-state index in [1.807, 2.05) is 6.07 Å². The Morgan fingerprint density at radius 3 is 1.96 bits per heavy atom. The molecule has 0 radical (unpaired) electrons. The van der Waals surface area contributed by atoms with Crippen LogP contribution in [0, 0.1) is 0 Å². The van der Waals surface area contributed by atoms with Gasteiger partial charge in [-0.15, -0.1) is 0 Å². The van der Waals surface area contributed by atoms with Crippen molar-refractivity contribution in [2.24, 2.45) is 0 Å². The van der Waals surface area contributed by atoms with Gasteiger partial charge in [0.25, 0.3) is 0 Å². The van der Waals surface area contributed by atoms with E-state index < -0.39 is 11.4 Å². The first-order valence-electron chi connectivity index (χ1n) is 10.5. The predicted molar refractivity (Wildman–Crippen MR) is 116 cm³/mol. The minimum absolute atomic E-state index is 0.418. The number of hydrogen-bond donors (Lipinski definition) is 1. The SMILES string of the molecule is CCCCCCCCCCCCCc1ccc2cc(OS(=O)O)ccc2c1. The van der Waals surface area contributed by atoms with E-state index in [2.05, 4.69) is 25.1 Å². The maximum Gasteiger partial charge on any atom is 0.357 e. The Bertz CT molecular complexity index is 699. The molecule has 4 heteroatoms. The van der Waals surface area contributed by atoms with Crippen LogP contribution < -0.4 is 4.18 Å². The van der Waals surface area contributed by atoms with E-state index in [4.69, 9.17) is 8.74 Å². The molecule has 0 bridgehead atoms. The Balaban J connectivity index is 1.62. The second kappa shape index (κ2) is 12.9. The molecule has 0 amide bonds. The van der Waals surface area contributed by atoms with Gasteiger partial charge in [0.05, 0.1) is 0 Å². The highest BCUT2D eigenvalue weighted by Gasteiger charge is 2.02. The summed E-state index contributed by atoms with van der Waals surface area (Å²) >= 11 is -2.28. The van der Waals surface area contributed by atoms with Crippen molar-refractivity contribution in [2.75, 3.05) is 0 Å². The predicted octanol–water partition coefficient (Wildman–Crippen LogP) is 7.21. The molecule has 0 spiro atoms. The average molecular weight is 391 g/mol. The van der Waals surface area contributed by atoms with Gasteiger partial charge >= 0.3 is 11.4 Å². The first-order valence-corrected chi connectivity index (χ1v) is 11.5. The normalized spacial score (nSPS) is 12.4. The average Bonchev–Trinajstić information content (AvgIpc) is 2.65. The van der Waals surface area contributed by atoms with Crippen molar-refractivity contribution < 1.29 is 12.9 Å². The van der Waals surface area contributed by atoms with Crippen molar-refractivity contribution in [3.05, 3.63) is 42.0 Å². The van der Waals surface area contributed by atoms with Crippen molar-refractivity contribution >= 4 is 22.1 Å². The quantitative estimate of drug-likeness (QED) is 0.274. The molecule has 150 valence electrons. The van der Waals surface area contributed by atoms with Gasteiger partial charge in [-0.25, -0.2) is 0 Å². The fourth-order valence-corrected chi connectivity index (χ4v) is 3.82. The molecule has 2 rings (SSSR count). The molecule has 0 aliphatic heterocycles. The van der Waals surface area contributed by atoms with Crippen molar-refractivity contribution in [1.29, 1.82) is 0 Å². The summed E-state index contributed by atoms with van der Waals surface area (Å²) in [6, 6.07) is 11.9. The Morgan fingerprint density at radius 2 is 1.33 bits per heavy atom. The van der Waals surface area contributed by atoms with Crippen molar-refractivity contribution in [3.8, 4) is 5.75 Å². The minimum atomic E-state index is -2.28. The Labute approximate surface area is 167 Å². The highest BCUT2D eigenvalue weighted by Crippen LogP contribution is 2.23. The number of unbranched alkanes of at least 4 members (excludes halogenated alkanes) is 10. The van der Waals surface area contributed by atoms with Crippen LogP contribution >= 0.6 is 0 Å². The first kappa shape index (κ1) is 21.9. The molecule has 0 aromatic heterocycles. The van der Waals surface area contributed by atoms with Crippen LogP contribution in [0.2, 0.25) is 0 Å². The molecule has 0 fully saturated rings. The van der Waals surface area contributed by atoms with E-state index in [9.17, 15) is 4.21 Å². The van der Waals surface area contributed by atoms with Crippen LogP contribution in [0.5, 0.6) is 5.75 Å². The summed E-state index contributed by atoms with van der Waals surface area (Å²) in [6.45, 7) is 2.27. The molecule has 1 unspecified atom stereocenters. The summed E-state index contributed by atoms with van der Waals surface area (Å²) in [7, 11) is 0. The molecule has 0 saturated heterocycles. The van der Waals surface area contributed by atoms with Gasteiger partial charge in [-0.05, 0) is 41.3 Å². The molecule has 0 heterocycles. The van der Waals surface area contributed by atoms with Gasteiger partial charge in [0.1, 0.15) is 5.75 Å². The van der Waals surface area contributed by atoms with Gasteiger partial charge in [0, 0.05) is 0 Å². The molecule has 1 N–H and O–H groups in total. The Morgan fingerprint density at radius 1 is 0.778 bits per heavy atom. The topological polar surface area (TPSA) is 46.5 Å². The zero-order valence-electron chi connectivity index (χ0n) is 16.6. The van der Waals surface area contributed by atoms with Crippen LogP contribution in [-0.4, -0.2) is 8.76 Å². The lowest BCUT2D eigenvalue weighted by Gasteiger charge is -2.06. The lowest BCUT2D eigenvalue weighted by Crippen LogP contribution is -1.97. The number of benzene rings is 2. The largest absolute Gasteiger partial charge is 0.380 e. The number of rotatable bonds is 14. The molecule has 0 saturated carbocycles. The third kappa shape index (κ3) is 8.89. The van der Waals surface area contributed by atoms with Gasteiger partial charge < -0.3 is 4.18 Å². The molecule has 1 atom stereocenters. The lowest BCUT2D eigenvalue weighted by atomic mass is 10.0. The van der Waals surface area contributed by atoms with Crippen molar-refractivity contribution in [1.82, 2.24) is 0 Å². The summed E-state index contributed by atoms with van der Waals surface area (Å²) in [4.78, 5) is 0. The highest BCUT2D eigenvalue weighted by molar-refractivity contribution is 7.74.